The first-order valence-corrected chi connectivity index (χ1v) is 5.92. The predicted octanol–water partition coefficient (Wildman–Crippen LogP) is 2.96. The maximum atomic E-state index is 11.7. The number of carbonyl (C=O) groups excluding carboxylic acids is 1. The van der Waals surface area contributed by atoms with Gasteiger partial charge in [0, 0.05) is 5.56 Å². The molecule has 6 heteroatoms. The summed E-state index contributed by atoms with van der Waals surface area (Å²) in [6.07, 6.45) is 0.141. The lowest BCUT2D eigenvalue weighted by Gasteiger charge is -2.19. The zero-order valence-corrected chi connectivity index (χ0v) is 10.7. The van der Waals surface area contributed by atoms with E-state index in [2.05, 4.69) is 5.18 Å². The second-order valence-corrected chi connectivity index (χ2v) is 3.85. The number of hydrogen-bond acceptors (Lipinski definition) is 5. The number of carbonyl (C=O) groups is 1. The van der Waals surface area contributed by atoms with Crippen LogP contribution in [0.3, 0.4) is 0 Å². The lowest BCUT2D eigenvalue weighted by molar-refractivity contribution is 0.105. The standard InChI is InChI=1S/C13H15N3O3/c1-2-9-19-13(17)16(8-7-14)10-11-5-3-4-6-12(11)15-18/h3-6H,2,8-10H2,1H3. The molecule has 0 unspecified atom stereocenters. The summed E-state index contributed by atoms with van der Waals surface area (Å²) < 4.78 is 4.98. The quantitative estimate of drug-likeness (QED) is 0.582. The van der Waals surface area contributed by atoms with Crippen molar-refractivity contribution in [3.8, 4) is 6.07 Å². The van der Waals surface area contributed by atoms with Crippen molar-refractivity contribution in [3.63, 3.8) is 0 Å². The molecule has 1 aromatic carbocycles. The molecule has 100 valence electrons. The molecule has 1 amide bonds. The zero-order chi connectivity index (χ0) is 14.1. The van der Waals surface area contributed by atoms with Gasteiger partial charge in [0.25, 0.3) is 0 Å². The molecule has 0 N–H and O–H groups in total. The lowest BCUT2D eigenvalue weighted by Crippen LogP contribution is -2.31. The SMILES string of the molecule is CCCOC(=O)N(CC#N)Cc1ccccc1N=O. The highest BCUT2D eigenvalue weighted by Gasteiger charge is 2.16. The van der Waals surface area contributed by atoms with E-state index in [1.54, 1.807) is 24.3 Å². The van der Waals surface area contributed by atoms with E-state index in [0.29, 0.717) is 18.6 Å². The Labute approximate surface area is 111 Å². The van der Waals surface area contributed by atoms with Crippen LogP contribution in [0.25, 0.3) is 0 Å². The molecule has 0 heterocycles. The largest absolute Gasteiger partial charge is 0.449 e. The lowest BCUT2D eigenvalue weighted by atomic mass is 10.2. The average molecular weight is 261 g/mol. The maximum Gasteiger partial charge on any atom is 0.410 e. The fourth-order valence-electron chi connectivity index (χ4n) is 1.49. The molecule has 0 radical (unpaired) electrons. The highest BCUT2D eigenvalue weighted by molar-refractivity contribution is 5.68. The minimum atomic E-state index is -0.566. The number of rotatable bonds is 6. The van der Waals surface area contributed by atoms with Crippen molar-refractivity contribution in [1.82, 2.24) is 4.90 Å². The molecular formula is C13H15N3O3. The van der Waals surface area contributed by atoms with Crippen molar-refractivity contribution >= 4 is 11.8 Å². The average Bonchev–Trinajstić information content (AvgIpc) is 2.44. The number of nitroso groups, excluding NO2 is 1. The van der Waals surface area contributed by atoms with Gasteiger partial charge in [-0.2, -0.15) is 5.26 Å². The van der Waals surface area contributed by atoms with E-state index in [0.717, 1.165) is 0 Å². The Morgan fingerprint density at radius 1 is 1.47 bits per heavy atom. The summed E-state index contributed by atoms with van der Waals surface area (Å²) in [7, 11) is 0. The molecule has 0 saturated carbocycles. The van der Waals surface area contributed by atoms with Gasteiger partial charge in [0.05, 0.1) is 19.2 Å². The van der Waals surface area contributed by atoms with Gasteiger partial charge in [-0.3, -0.25) is 4.90 Å². The van der Waals surface area contributed by atoms with Crippen LogP contribution in [0.15, 0.2) is 29.4 Å². The molecule has 6 nitrogen and oxygen atoms in total. The van der Waals surface area contributed by atoms with Gasteiger partial charge in [0.1, 0.15) is 12.2 Å². The van der Waals surface area contributed by atoms with E-state index in [-0.39, 0.29) is 18.8 Å². The van der Waals surface area contributed by atoms with Crippen molar-refractivity contribution < 1.29 is 9.53 Å². The normalized spacial score (nSPS) is 9.47. The Morgan fingerprint density at radius 3 is 2.84 bits per heavy atom. The molecule has 0 atom stereocenters. The van der Waals surface area contributed by atoms with Gasteiger partial charge in [-0.1, -0.05) is 25.1 Å². The number of benzene rings is 1. The molecule has 0 bridgehead atoms. The first-order chi connectivity index (χ1) is 9.22. The van der Waals surface area contributed by atoms with Crippen LogP contribution in [-0.2, 0) is 11.3 Å². The summed E-state index contributed by atoms with van der Waals surface area (Å²) in [6, 6.07) is 8.57. The summed E-state index contributed by atoms with van der Waals surface area (Å²) in [5.41, 5.74) is 0.843. The van der Waals surface area contributed by atoms with Crippen LogP contribution in [0.5, 0.6) is 0 Å². The molecule has 19 heavy (non-hydrogen) atoms. The third-order valence-electron chi connectivity index (χ3n) is 2.40. The minimum Gasteiger partial charge on any atom is -0.449 e. The first kappa shape index (κ1) is 14.6. The summed E-state index contributed by atoms with van der Waals surface area (Å²) in [5.74, 6) is 0. The monoisotopic (exact) mass is 261 g/mol. The van der Waals surface area contributed by atoms with Crippen molar-refractivity contribution in [2.75, 3.05) is 13.2 Å². The smallest absolute Gasteiger partial charge is 0.410 e. The van der Waals surface area contributed by atoms with Crippen molar-refractivity contribution in [3.05, 3.63) is 34.7 Å². The fraction of sp³-hybridized carbons (Fsp3) is 0.385. The van der Waals surface area contributed by atoms with Crippen LogP contribution in [0.1, 0.15) is 18.9 Å². The number of amides is 1. The molecule has 0 aliphatic carbocycles. The van der Waals surface area contributed by atoms with Crippen LogP contribution >= 0.6 is 0 Å². The predicted molar refractivity (Wildman–Crippen MR) is 69.6 cm³/mol. The number of nitrogens with zero attached hydrogens (tertiary/aromatic N) is 3. The van der Waals surface area contributed by atoms with Crippen molar-refractivity contribution in [1.29, 1.82) is 5.26 Å². The van der Waals surface area contributed by atoms with E-state index in [9.17, 15) is 9.70 Å². The van der Waals surface area contributed by atoms with Crippen molar-refractivity contribution in [2.45, 2.75) is 19.9 Å². The molecule has 0 saturated heterocycles. The van der Waals surface area contributed by atoms with Gasteiger partial charge in [-0.25, -0.2) is 4.79 Å². The summed E-state index contributed by atoms with van der Waals surface area (Å²) in [6.45, 7) is 2.20. The molecule has 0 spiro atoms. The highest BCUT2D eigenvalue weighted by Crippen LogP contribution is 2.20. The van der Waals surface area contributed by atoms with Gasteiger partial charge in [0.2, 0.25) is 0 Å². The van der Waals surface area contributed by atoms with Gasteiger partial charge in [0.15, 0.2) is 0 Å². The Bertz CT molecular complexity index is 482. The second kappa shape index (κ2) is 7.82. The molecule has 0 fully saturated rings. The van der Waals surface area contributed by atoms with E-state index < -0.39 is 6.09 Å². The third kappa shape index (κ3) is 4.39. The highest BCUT2D eigenvalue weighted by atomic mass is 16.6. The van der Waals surface area contributed by atoms with Gasteiger partial charge in [-0.15, -0.1) is 4.91 Å². The molecule has 0 aromatic heterocycles. The minimum absolute atomic E-state index is 0.101. The zero-order valence-electron chi connectivity index (χ0n) is 10.7. The second-order valence-electron chi connectivity index (χ2n) is 3.85. The van der Waals surface area contributed by atoms with E-state index in [1.165, 1.54) is 4.90 Å². The van der Waals surface area contributed by atoms with Crippen LogP contribution in [0.4, 0.5) is 10.5 Å². The van der Waals surface area contributed by atoms with Gasteiger partial charge < -0.3 is 4.74 Å². The molecule has 0 aliphatic heterocycles. The number of ether oxygens (including phenoxy) is 1. The molecule has 1 aromatic rings. The van der Waals surface area contributed by atoms with Crippen molar-refractivity contribution in [2.24, 2.45) is 5.18 Å². The van der Waals surface area contributed by atoms with Crippen LogP contribution < -0.4 is 0 Å². The Morgan fingerprint density at radius 2 is 2.21 bits per heavy atom. The summed E-state index contributed by atoms with van der Waals surface area (Å²) in [4.78, 5) is 23.6. The number of nitriles is 1. The number of hydrogen-bond donors (Lipinski definition) is 0. The molecule has 0 aliphatic rings. The van der Waals surface area contributed by atoms with Crippen LogP contribution in [0, 0.1) is 16.2 Å². The van der Waals surface area contributed by atoms with Crippen LogP contribution in [-0.4, -0.2) is 24.1 Å². The molecule has 1 rings (SSSR count). The third-order valence-corrected chi connectivity index (χ3v) is 2.40. The first-order valence-electron chi connectivity index (χ1n) is 5.92. The van der Waals surface area contributed by atoms with Gasteiger partial charge >= 0.3 is 6.09 Å². The topological polar surface area (TPSA) is 82.8 Å². The van der Waals surface area contributed by atoms with E-state index in [4.69, 9.17) is 10.00 Å². The summed E-state index contributed by atoms with van der Waals surface area (Å²) in [5, 5.41) is 11.6. The van der Waals surface area contributed by atoms with Gasteiger partial charge in [-0.05, 0) is 17.7 Å². The Balaban J connectivity index is 2.80. The Hall–Kier alpha value is -2.42. The van der Waals surface area contributed by atoms with E-state index in [1.807, 2.05) is 13.0 Å². The Kier molecular flexibility index (Phi) is 6.03. The molecular weight excluding hydrogens is 246 g/mol. The fourth-order valence-corrected chi connectivity index (χ4v) is 1.49. The summed E-state index contributed by atoms with van der Waals surface area (Å²) >= 11 is 0. The van der Waals surface area contributed by atoms with E-state index >= 15 is 0 Å². The van der Waals surface area contributed by atoms with Crippen LogP contribution in [0.2, 0.25) is 0 Å². The maximum absolute atomic E-state index is 11.7.